The molecular formula is C21H20F3N3O3. The van der Waals surface area contributed by atoms with Gasteiger partial charge >= 0.3 is 6.18 Å². The van der Waals surface area contributed by atoms with Crippen LogP contribution in [0.25, 0.3) is 5.69 Å². The van der Waals surface area contributed by atoms with E-state index in [4.69, 9.17) is 9.47 Å². The molecule has 9 heteroatoms. The first-order valence-corrected chi connectivity index (χ1v) is 9.13. The predicted octanol–water partition coefficient (Wildman–Crippen LogP) is 4.23. The van der Waals surface area contributed by atoms with Crippen molar-refractivity contribution in [1.82, 2.24) is 15.1 Å². The van der Waals surface area contributed by atoms with Crippen molar-refractivity contribution in [3.05, 3.63) is 71.5 Å². The van der Waals surface area contributed by atoms with Crippen LogP contribution in [0.4, 0.5) is 13.2 Å². The minimum absolute atomic E-state index is 0.277. The average Bonchev–Trinajstić information content (AvgIpc) is 3.23. The van der Waals surface area contributed by atoms with Gasteiger partial charge in [0.15, 0.2) is 17.2 Å². The molecule has 158 valence electrons. The van der Waals surface area contributed by atoms with Gasteiger partial charge in [-0.1, -0.05) is 6.07 Å². The van der Waals surface area contributed by atoms with Crippen molar-refractivity contribution in [2.24, 2.45) is 0 Å². The highest BCUT2D eigenvalue weighted by Crippen LogP contribution is 2.29. The second-order valence-corrected chi connectivity index (χ2v) is 6.29. The number of rotatable bonds is 7. The zero-order valence-electron chi connectivity index (χ0n) is 16.4. The Morgan fingerprint density at radius 1 is 1.10 bits per heavy atom. The molecule has 0 aliphatic rings. The number of carbonyl (C=O) groups is 1. The maximum absolute atomic E-state index is 12.7. The van der Waals surface area contributed by atoms with E-state index in [0.717, 1.165) is 16.3 Å². The van der Waals surface area contributed by atoms with Crippen LogP contribution in [0, 0.1) is 0 Å². The van der Waals surface area contributed by atoms with Gasteiger partial charge in [0.25, 0.3) is 5.91 Å². The van der Waals surface area contributed by atoms with Crippen LogP contribution in [-0.2, 0) is 12.7 Å². The minimum atomic E-state index is -4.51. The third kappa shape index (κ3) is 4.91. The molecule has 0 bridgehead atoms. The lowest BCUT2D eigenvalue weighted by Gasteiger charge is -2.12. The van der Waals surface area contributed by atoms with Crippen LogP contribution in [0.15, 0.2) is 54.7 Å². The van der Waals surface area contributed by atoms with E-state index in [-0.39, 0.29) is 12.5 Å². The number of hydrogen-bond acceptors (Lipinski definition) is 4. The summed E-state index contributed by atoms with van der Waals surface area (Å²) in [5.74, 6) is 0.884. The van der Waals surface area contributed by atoms with Crippen LogP contribution in [0.2, 0.25) is 0 Å². The van der Waals surface area contributed by atoms with Crippen molar-refractivity contribution in [1.29, 1.82) is 0 Å². The first-order valence-electron chi connectivity index (χ1n) is 9.13. The number of nitrogens with zero attached hydrogens (tertiary/aromatic N) is 2. The van der Waals surface area contributed by atoms with Gasteiger partial charge in [0.05, 0.1) is 19.4 Å². The summed E-state index contributed by atoms with van der Waals surface area (Å²) in [5, 5.41) is 6.31. The number of carbonyl (C=O) groups excluding carboxylic acids is 1. The molecule has 1 amide bonds. The molecule has 2 aromatic carbocycles. The van der Waals surface area contributed by atoms with Crippen LogP contribution in [0.1, 0.15) is 28.5 Å². The molecule has 3 rings (SSSR count). The van der Waals surface area contributed by atoms with Gasteiger partial charge in [-0.15, -0.1) is 0 Å². The van der Waals surface area contributed by atoms with E-state index in [0.29, 0.717) is 29.4 Å². The van der Waals surface area contributed by atoms with Gasteiger partial charge < -0.3 is 14.8 Å². The summed E-state index contributed by atoms with van der Waals surface area (Å²) in [5.41, 5.74) is 0.648. The third-order valence-corrected chi connectivity index (χ3v) is 4.25. The van der Waals surface area contributed by atoms with E-state index in [1.165, 1.54) is 30.5 Å². The van der Waals surface area contributed by atoms with Crippen LogP contribution < -0.4 is 14.8 Å². The molecule has 1 N–H and O–H groups in total. The highest BCUT2D eigenvalue weighted by atomic mass is 19.4. The highest BCUT2D eigenvalue weighted by Gasteiger charge is 2.33. The predicted molar refractivity (Wildman–Crippen MR) is 104 cm³/mol. The molecule has 0 unspecified atom stereocenters. The van der Waals surface area contributed by atoms with E-state index in [1.807, 2.05) is 13.0 Å². The SMILES string of the molecule is CCOc1cc(CNC(=O)c2ccc(-n3ccc(C(F)(F)F)n3)cc2)ccc1OC. The summed E-state index contributed by atoms with van der Waals surface area (Å²) < 4.78 is 49.9. The average molecular weight is 419 g/mol. The number of hydrogen-bond donors (Lipinski definition) is 1. The molecule has 0 atom stereocenters. The fourth-order valence-corrected chi connectivity index (χ4v) is 2.77. The minimum Gasteiger partial charge on any atom is -0.493 e. The van der Waals surface area contributed by atoms with Crippen molar-refractivity contribution in [2.75, 3.05) is 13.7 Å². The maximum Gasteiger partial charge on any atom is 0.435 e. The lowest BCUT2D eigenvalue weighted by atomic mass is 10.1. The number of alkyl halides is 3. The Kier molecular flexibility index (Phi) is 6.29. The van der Waals surface area contributed by atoms with Gasteiger partial charge in [-0.25, -0.2) is 4.68 Å². The Labute approximate surface area is 171 Å². The number of methoxy groups -OCH3 is 1. The van der Waals surface area contributed by atoms with Crippen molar-refractivity contribution >= 4 is 5.91 Å². The van der Waals surface area contributed by atoms with E-state index in [9.17, 15) is 18.0 Å². The van der Waals surface area contributed by atoms with Gasteiger partial charge in [-0.05, 0) is 55.0 Å². The van der Waals surface area contributed by atoms with Crippen LogP contribution in [-0.4, -0.2) is 29.4 Å². The first kappa shape index (κ1) is 21.2. The second-order valence-electron chi connectivity index (χ2n) is 6.29. The van der Waals surface area contributed by atoms with Crippen molar-refractivity contribution < 1.29 is 27.4 Å². The molecule has 1 aromatic heterocycles. The van der Waals surface area contributed by atoms with Gasteiger partial charge in [0.1, 0.15) is 0 Å². The Morgan fingerprint density at radius 2 is 1.83 bits per heavy atom. The first-order chi connectivity index (χ1) is 14.3. The molecular weight excluding hydrogens is 399 g/mol. The second kappa shape index (κ2) is 8.89. The maximum atomic E-state index is 12.7. The van der Waals surface area contributed by atoms with Crippen LogP contribution in [0.3, 0.4) is 0 Å². The van der Waals surface area contributed by atoms with Crippen molar-refractivity contribution in [2.45, 2.75) is 19.6 Å². The quantitative estimate of drug-likeness (QED) is 0.623. The van der Waals surface area contributed by atoms with Gasteiger partial charge in [0, 0.05) is 18.3 Å². The van der Waals surface area contributed by atoms with Crippen LogP contribution in [0.5, 0.6) is 11.5 Å². The number of amides is 1. The Hall–Kier alpha value is -3.49. The summed E-state index contributed by atoms with van der Waals surface area (Å²) in [7, 11) is 1.55. The number of benzene rings is 2. The summed E-state index contributed by atoms with van der Waals surface area (Å²) in [4.78, 5) is 12.4. The highest BCUT2D eigenvalue weighted by molar-refractivity contribution is 5.94. The molecule has 0 radical (unpaired) electrons. The molecule has 3 aromatic rings. The third-order valence-electron chi connectivity index (χ3n) is 4.25. The fraction of sp³-hybridized carbons (Fsp3) is 0.238. The van der Waals surface area contributed by atoms with Crippen LogP contribution >= 0.6 is 0 Å². The van der Waals surface area contributed by atoms with E-state index in [2.05, 4.69) is 10.4 Å². The summed E-state index contributed by atoms with van der Waals surface area (Å²) >= 11 is 0. The van der Waals surface area contributed by atoms with Crippen molar-refractivity contribution in [3.8, 4) is 17.2 Å². The summed E-state index contributed by atoms with van der Waals surface area (Å²) in [6.45, 7) is 2.63. The van der Waals surface area contributed by atoms with E-state index in [1.54, 1.807) is 19.2 Å². The Morgan fingerprint density at radius 3 is 2.43 bits per heavy atom. The largest absolute Gasteiger partial charge is 0.493 e. The summed E-state index contributed by atoms with van der Waals surface area (Å²) in [6.07, 6.45) is -3.29. The monoisotopic (exact) mass is 419 g/mol. The molecule has 0 aliphatic heterocycles. The lowest BCUT2D eigenvalue weighted by molar-refractivity contribution is -0.141. The number of ether oxygens (including phenoxy) is 2. The number of nitrogens with one attached hydrogen (secondary N) is 1. The fourth-order valence-electron chi connectivity index (χ4n) is 2.77. The van der Waals surface area contributed by atoms with Gasteiger partial charge in [-0.2, -0.15) is 18.3 Å². The molecule has 0 saturated heterocycles. The van der Waals surface area contributed by atoms with Gasteiger partial charge in [-0.3, -0.25) is 4.79 Å². The molecule has 0 saturated carbocycles. The zero-order valence-corrected chi connectivity index (χ0v) is 16.4. The van der Waals surface area contributed by atoms with E-state index >= 15 is 0 Å². The standard InChI is InChI=1S/C21H20F3N3O3/c1-3-30-18-12-14(4-9-17(18)29-2)13-25-20(28)15-5-7-16(8-6-15)27-11-10-19(26-27)21(22,23)24/h4-12H,3,13H2,1-2H3,(H,25,28). The molecule has 0 spiro atoms. The number of aromatic nitrogens is 2. The van der Waals surface area contributed by atoms with Gasteiger partial charge in [0.2, 0.25) is 0 Å². The molecule has 1 heterocycles. The zero-order chi connectivity index (χ0) is 21.7. The Balaban J connectivity index is 1.65. The molecule has 0 fully saturated rings. The molecule has 30 heavy (non-hydrogen) atoms. The number of halogens is 3. The molecule has 6 nitrogen and oxygen atoms in total. The summed E-state index contributed by atoms with van der Waals surface area (Å²) in [6, 6.07) is 12.4. The molecule has 0 aliphatic carbocycles. The smallest absolute Gasteiger partial charge is 0.435 e. The lowest BCUT2D eigenvalue weighted by Crippen LogP contribution is -2.22. The Bertz CT molecular complexity index is 1010. The van der Waals surface area contributed by atoms with E-state index < -0.39 is 11.9 Å². The normalized spacial score (nSPS) is 11.2. The topological polar surface area (TPSA) is 65.4 Å². The van der Waals surface area contributed by atoms with Crippen molar-refractivity contribution in [3.63, 3.8) is 0 Å².